The Kier molecular flexibility index (Phi) is 7.60. The quantitative estimate of drug-likeness (QED) is 0.229. The van der Waals surface area contributed by atoms with E-state index in [9.17, 15) is 18.8 Å². The third-order valence-corrected chi connectivity index (χ3v) is 6.85. The zero-order chi connectivity index (χ0) is 30.2. The lowest BCUT2D eigenvalue weighted by molar-refractivity contribution is -0.127. The standard InChI is InChI=1S/C30H28F3N7O2/c1-30(2,3)13-17(14-34)29(41)39-11-5-6-18(39)15-40-28-24(27(35)36-16-37-28)26(38-40)20-10-9-19(12-22(20)32)42-23-8-4-7-21(31)25(23)33/h4,7-10,12-13,16,18H,5-6,11,15H2,1-3H3,(H2,35,36,37)/b17-13-/t18-/m1/s1. The van der Waals surface area contributed by atoms with Crippen molar-refractivity contribution in [3.8, 4) is 28.8 Å². The van der Waals surface area contributed by atoms with E-state index in [4.69, 9.17) is 10.5 Å². The molecule has 1 aliphatic heterocycles. The van der Waals surface area contributed by atoms with E-state index in [1.54, 1.807) is 15.7 Å². The van der Waals surface area contributed by atoms with Gasteiger partial charge in [-0.2, -0.15) is 14.8 Å². The molecule has 9 nitrogen and oxygen atoms in total. The highest BCUT2D eigenvalue weighted by Gasteiger charge is 2.33. The van der Waals surface area contributed by atoms with Gasteiger partial charge in [-0.25, -0.2) is 23.4 Å². The summed E-state index contributed by atoms with van der Waals surface area (Å²) in [7, 11) is 0. The number of aromatic nitrogens is 4. The first-order valence-electron chi connectivity index (χ1n) is 13.3. The van der Waals surface area contributed by atoms with E-state index in [0.29, 0.717) is 24.0 Å². The molecule has 4 aromatic rings. The fourth-order valence-electron chi connectivity index (χ4n) is 5.01. The normalized spacial score (nSPS) is 15.7. The van der Waals surface area contributed by atoms with Crippen LogP contribution in [0.2, 0.25) is 0 Å². The highest BCUT2D eigenvalue weighted by molar-refractivity contribution is 5.99. The number of likely N-dealkylation sites (tertiary alicyclic amines) is 1. The fourth-order valence-corrected chi connectivity index (χ4v) is 5.01. The van der Waals surface area contributed by atoms with Crippen LogP contribution in [-0.2, 0) is 11.3 Å². The first-order valence-corrected chi connectivity index (χ1v) is 13.3. The summed E-state index contributed by atoms with van der Waals surface area (Å²) in [6.45, 7) is 6.46. The number of carbonyl (C=O) groups is 1. The molecule has 216 valence electrons. The van der Waals surface area contributed by atoms with Gasteiger partial charge in [0.1, 0.15) is 41.0 Å². The average Bonchev–Trinajstić information content (AvgIpc) is 3.55. The SMILES string of the molecule is CC(C)(C)/C=C(/C#N)C(=O)N1CCC[C@@H]1Cn1nc(-c2ccc(Oc3cccc(F)c3F)cc2F)c2c(N)ncnc21. The van der Waals surface area contributed by atoms with Crippen molar-refractivity contribution >= 4 is 22.8 Å². The molecule has 2 aromatic carbocycles. The molecule has 1 saturated heterocycles. The molecule has 0 saturated carbocycles. The lowest BCUT2D eigenvalue weighted by Crippen LogP contribution is -2.39. The van der Waals surface area contributed by atoms with Gasteiger partial charge >= 0.3 is 0 Å². The number of nitriles is 1. The van der Waals surface area contributed by atoms with Crippen molar-refractivity contribution in [2.75, 3.05) is 12.3 Å². The van der Waals surface area contributed by atoms with Crippen molar-refractivity contribution in [3.63, 3.8) is 0 Å². The molecule has 0 bridgehead atoms. The summed E-state index contributed by atoms with van der Waals surface area (Å²) < 4.78 is 50.0. The van der Waals surface area contributed by atoms with Crippen LogP contribution in [0.4, 0.5) is 19.0 Å². The monoisotopic (exact) mass is 575 g/mol. The molecule has 3 heterocycles. The number of hydrogen-bond donors (Lipinski definition) is 1. The molecule has 1 fully saturated rings. The summed E-state index contributed by atoms with van der Waals surface area (Å²) in [6, 6.07) is 9.03. The number of nitrogens with two attached hydrogens (primary N) is 1. The zero-order valence-corrected chi connectivity index (χ0v) is 23.2. The average molecular weight is 576 g/mol. The van der Waals surface area contributed by atoms with E-state index in [-0.39, 0.29) is 58.1 Å². The number of nitrogens with zero attached hydrogens (tertiary/aromatic N) is 6. The minimum absolute atomic E-state index is 0.0505. The predicted octanol–water partition coefficient (Wildman–Crippen LogP) is 5.77. The van der Waals surface area contributed by atoms with E-state index in [1.807, 2.05) is 26.8 Å². The van der Waals surface area contributed by atoms with Crippen molar-refractivity contribution in [2.24, 2.45) is 5.41 Å². The second kappa shape index (κ2) is 11.2. The molecule has 12 heteroatoms. The number of rotatable bonds is 6. The minimum Gasteiger partial charge on any atom is -0.454 e. The van der Waals surface area contributed by atoms with Gasteiger partial charge in [0, 0.05) is 18.2 Å². The number of ether oxygens (including phenoxy) is 1. The molecule has 1 aliphatic rings. The maximum Gasteiger partial charge on any atom is 0.264 e. The largest absolute Gasteiger partial charge is 0.454 e. The van der Waals surface area contributed by atoms with Crippen LogP contribution >= 0.6 is 0 Å². The van der Waals surface area contributed by atoms with Gasteiger partial charge in [-0.1, -0.05) is 32.9 Å². The van der Waals surface area contributed by atoms with E-state index in [1.165, 1.54) is 30.6 Å². The highest BCUT2D eigenvalue weighted by atomic mass is 19.2. The van der Waals surface area contributed by atoms with Gasteiger partial charge < -0.3 is 15.4 Å². The number of fused-ring (bicyclic) bond motifs is 1. The Morgan fingerprint density at radius 2 is 1.98 bits per heavy atom. The van der Waals surface area contributed by atoms with Gasteiger partial charge in [0.15, 0.2) is 17.2 Å². The van der Waals surface area contributed by atoms with Gasteiger partial charge in [-0.05, 0) is 42.5 Å². The second-order valence-corrected chi connectivity index (χ2v) is 11.1. The third kappa shape index (κ3) is 5.63. The Labute approximate surface area is 240 Å². The van der Waals surface area contributed by atoms with E-state index in [0.717, 1.165) is 18.6 Å². The molecule has 1 atom stereocenters. The number of nitrogen functional groups attached to an aromatic ring is 1. The second-order valence-electron chi connectivity index (χ2n) is 11.1. The summed E-state index contributed by atoms with van der Waals surface area (Å²) >= 11 is 0. The van der Waals surface area contributed by atoms with Crippen LogP contribution in [0.25, 0.3) is 22.3 Å². The number of carbonyl (C=O) groups excluding carboxylic acids is 1. The number of hydrogen-bond acceptors (Lipinski definition) is 7. The summed E-state index contributed by atoms with van der Waals surface area (Å²) in [5, 5.41) is 14.6. The molecule has 1 amide bonds. The van der Waals surface area contributed by atoms with Gasteiger partial charge in [0.05, 0.1) is 18.0 Å². The Hall–Kier alpha value is -4.92. The molecule has 0 aliphatic carbocycles. The van der Waals surface area contributed by atoms with Crippen LogP contribution in [0, 0.1) is 34.2 Å². The number of halogens is 3. The van der Waals surface area contributed by atoms with Crippen LogP contribution in [0.1, 0.15) is 33.6 Å². The van der Waals surface area contributed by atoms with Crippen molar-refractivity contribution in [1.82, 2.24) is 24.6 Å². The van der Waals surface area contributed by atoms with E-state index < -0.39 is 17.5 Å². The smallest absolute Gasteiger partial charge is 0.264 e. The molecule has 2 N–H and O–H groups in total. The molecule has 0 radical (unpaired) electrons. The Balaban J connectivity index is 1.48. The molecular weight excluding hydrogens is 547 g/mol. The summed E-state index contributed by atoms with van der Waals surface area (Å²) in [5.74, 6) is -3.73. The molecule has 5 rings (SSSR count). The van der Waals surface area contributed by atoms with Gasteiger partial charge in [0.25, 0.3) is 5.91 Å². The molecule has 0 unspecified atom stereocenters. The van der Waals surface area contributed by atoms with Crippen molar-refractivity contribution < 1.29 is 22.7 Å². The first-order chi connectivity index (χ1) is 20.0. The van der Waals surface area contributed by atoms with Crippen LogP contribution in [0.15, 0.2) is 54.4 Å². The van der Waals surface area contributed by atoms with E-state index in [2.05, 4.69) is 15.1 Å². The predicted molar refractivity (Wildman–Crippen MR) is 149 cm³/mol. The lowest BCUT2D eigenvalue weighted by Gasteiger charge is -2.25. The maximum atomic E-state index is 15.5. The lowest BCUT2D eigenvalue weighted by atomic mass is 9.93. The molecule has 0 spiro atoms. The Morgan fingerprint density at radius 3 is 2.69 bits per heavy atom. The van der Waals surface area contributed by atoms with Gasteiger partial charge in [-0.15, -0.1) is 0 Å². The number of anilines is 1. The Morgan fingerprint density at radius 1 is 1.19 bits per heavy atom. The molecule has 42 heavy (non-hydrogen) atoms. The zero-order valence-electron chi connectivity index (χ0n) is 23.2. The first kappa shape index (κ1) is 28.6. The van der Waals surface area contributed by atoms with Crippen LogP contribution in [-0.4, -0.2) is 43.1 Å². The van der Waals surface area contributed by atoms with E-state index >= 15 is 4.39 Å². The number of amides is 1. The highest BCUT2D eigenvalue weighted by Crippen LogP contribution is 2.35. The molecular formula is C30H28F3N7O2. The summed E-state index contributed by atoms with van der Waals surface area (Å²) in [4.78, 5) is 23.4. The third-order valence-electron chi connectivity index (χ3n) is 6.85. The van der Waals surface area contributed by atoms with Crippen LogP contribution in [0.5, 0.6) is 11.5 Å². The topological polar surface area (TPSA) is 123 Å². The molecule has 2 aromatic heterocycles. The number of benzene rings is 2. The van der Waals surface area contributed by atoms with Crippen molar-refractivity contribution in [2.45, 2.75) is 46.2 Å². The maximum absolute atomic E-state index is 15.5. The summed E-state index contributed by atoms with van der Waals surface area (Å²) in [5.41, 5.74) is 6.49. The van der Waals surface area contributed by atoms with Crippen LogP contribution < -0.4 is 10.5 Å². The number of allylic oxidation sites excluding steroid dienone is 1. The van der Waals surface area contributed by atoms with Crippen LogP contribution in [0.3, 0.4) is 0 Å². The fraction of sp³-hybridized carbons (Fsp3) is 0.300. The summed E-state index contributed by atoms with van der Waals surface area (Å²) in [6.07, 6.45) is 4.36. The Bertz CT molecular complexity index is 1750. The van der Waals surface area contributed by atoms with Crippen molar-refractivity contribution in [3.05, 3.63) is 71.8 Å². The van der Waals surface area contributed by atoms with Crippen molar-refractivity contribution in [1.29, 1.82) is 5.26 Å². The van der Waals surface area contributed by atoms with Gasteiger partial charge in [-0.3, -0.25) is 4.79 Å². The van der Waals surface area contributed by atoms with Gasteiger partial charge in [0.2, 0.25) is 5.82 Å². The minimum atomic E-state index is -1.19.